The Balaban J connectivity index is 1.69. The third-order valence-corrected chi connectivity index (χ3v) is 3.34. The van der Waals surface area contributed by atoms with Gasteiger partial charge in [-0.05, 0) is 30.3 Å². The first-order valence-electron chi connectivity index (χ1n) is 6.27. The lowest BCUT2D eigenvalue weighted by Crippen LogP contribution is -2.36. The number of fused-ring (bicyclic) bond motifs is 2. The summed E-state index contributed by atoms with van der Waals surface area (Å²) in [5, 5.41) is 2.82. The fourth-order valence-electron chi connectivity index (χ4n) is 2.34. The van der Waals surface area contributed by atoms with Gasteiger partial charge in [0.15, 0.2) is 17.7 Å². The SMILES string of the molecule is O=C1N[C@@H](c2ccc3c(c2)OCO3)Oc2ccccc21. The number of carbonyl (C=O) groups is 1. The molecule has 1 amide bonds. The minimum absolute atomic E-state index is 0.144. The van der Waals surface area contributed by atoms with Gasteiger partial charge in [-0.1, -0.05) is 12.1 Å². The molecule has 0 aliphatic carbocycles. The number of nitrogens with one attached hydrogen (secondary N) is 1. The summed E-state index contributed by atoms with van der Waals surface area (Å²) < 4.78 is 16.4. The highest BCUT2D eigenvalue weighted by Gasteiger charge is 2.27. The lowest BCUT2D eigenvalue weighted by atomic mass is 10.1. The zero-order valence-corrected chi connectivity index (χ0v) is 10.5. The van der Waals surface area contributed by atoms with E-state index in [0.29, 0.717) is 22.8 Å². The van der Waals surface area contributed by atoms with Crippen molar-refractivity contribution in [1.29, 1.82) is 0 Å². The van der Waals surface area contributed by atoms with Crippen molar-refractivity contribution in [2.24, 2.45) is 0 Å². The van der Waals surface area contributed by atoms with Crippen LogP contribution in [0.3, 0.4) is 0 Å². The van der Waals surface area contributed by atoms with Crippen molar-refractivity contribution in [2.75, 3.05) is 6.79 Å². The van der Waals surface area contributed by atoms with E-state index in [2.05, 4.69) is 5.32 Å². The van der Waals surface area contributed by atoms with Gasteiger partial charge in [0.1, 0.15) is 5.75 Å². The predicted molar refractivity (Wildman–Crippen MR) is 69.8 cm³/mol. The Morgan fingerprint density at radius 3 is 2.80 bits per heavy atom. The molecule has 2 aromatic carbocycles. The Morgan fingerprint density at radius 1 is 1.00 bits per heavy atom. The Kier molecular flexibility index (Phi) is 2.32. The standard InChI is InChI=1S/C15H11NO4/c17-14-10-3-1-2-4-11(10)20-15(16-14)9-5-6-12-13(7-9)19-8-18-12/h1-7,15H,8H2,(H,16,17)/t15-/m1/s1. The molecule has 0 spiro atoms. The minimum atomic E-state index is -0.521. The van der Waals surface area contributed by atoms with E-state index in [9.17, 15) is 4.79 Å². The second-order valence-electron chi connectivity index (χ2n) is 4.58. The van der Waals surface area contributed by atoms with Gasteiger partial charge in [0.25, 0.3) is 5.91 Å². The van der Waals surface area contributed by atoms with Gasteiger partial charge in [0.05, 0.1) is 5.56 Å². The highest BCUT2D eigenvalue weighted by molar-refractivity contribution is 5.98. The van der Waals surface area contributed by atoms with Gasteiger partial charge in [-0.25, -0.2) is 0 Å². The molecular weight excluding hydrogens is 258 g/mol. The Morgan fingerprint density at radius 2 is 1.85 bits per heavy atom. The summed E-state index contributed by atoms with van der Waals surface area (Å²) in [6.45, 7) is 0.222. The lowest BCUT2D eigenvalue weighted by molar-refractivity contribution is 0.0755. The van der Waals surface area contributed by atoms with E-state index in [1.807, 2.05) is 30.3 Å². The zero-order chi connectivity index (χ0) is 13.5. The molecule has 2 aromatic rings. The summed E-state index contributed by atoms with van der Waals surface area (Å²) in [7, 11) is 0. The Bertz CT molecular complexity index is 698. The van der Waals surface area contributed by atoms with E-state index in [1.54, 1.807) is 12.1 Å². The average molecular weight is 269 g/mol. The highest BCUT2D eigenvalue weighted by atomic mass is 16.7. The number of ether oxygens (including phenoxy) is 3. The molecule has 0 saturated carbocycles. The second-order valence-corrected chi connectivity index (χ2v) is 4.58. The van der Waals surface area contributed by atoms with Crippen molar-refractivity contribution in [2.45, 2.75) is 6.23 Å². The van der Waals surface area contributed by atoms with E-state index >= 15 is 0 Å². The molecule has 5 heteroatoms. The summed E-state index contributed by atoms with van der Waals surface area (Å²) in [6, 6.07) is 12.7. The van der Waals surface area contributed by atoms with E-state index < -0.39 is 6.23 Å². The third kappa shape index (κ3) is 1.67. The maximum absolute atomic E-state index is 12.1. The normalized spacial score (nSPS) is 19.0. The van der Waals surface area contributed by atoms with Crippen LogP contribution in [0.2, 0.25) is 0 Å². The van der Waals surface area contributed by atoms with Crippen molar-refractivity contribution < 1.29 is 19.0 Å². The summed E-state index contributed by atoms with van der Waals surface area (Å²) in [5.41, 5.74) is 1.36. The van der Waals surface area contributed by atoms with Crippen LogP contribution in [0, 0.1) is 0 Å². The molecule has 0 unspecified atom stereocenters. The molecule has 5 nitrogen and oxygen atoms in total. The number of benzene rings is 2. The van der Waals surface area contributed by atoms with Crippen molar-refractivity contribution in [3.05, 3.63) is 53.6 Å². The number of para-hydroxylation sites is 1. The quantitative estimate of drug-likeness (QED) is 0.862. The summed E-state index contributed by atoms with van der Waals surface area (Å²) in [5.74, 6) is 1.81. The second kappa shape index (κ2) is 4.16. The Labute approximate surface area is 115 Å². The molecule has 1 atom stereocenters. The van der Waals surface area contributed by atoms with Crippen LogP contribution in [0.15, 0.2) is 42.5 Å². The topological polar surface area (TPSA) is 56.8 Å². The summed E-state index contributed by atoms with van der Waals surface area (Å²) >= 11 is 0. The van der Waals surface area contributed by atoms with Crippen LogP contribution in [0.25, 0.3) is 0 Å². The molecule has 0 aromatic heterocycles. The van der Waals surface area contributed by atoms with E-state index in [0.717, 1.165) is 5.56 Å². The van der Waals surface area contributed by atoms with Gasteiger partial charge >= 0.3 is 0 Å². The van der Waals surface area contributed by atoms with Crippen LogP contribution < -0.4 is 19.5 Å². The van der Waals surface area contributed by atoms with Crippen molar-refractivity contribution >= 4 is 5.91 Å². The van der Waals surface area contributed by atoms with Gasteiger partial charge in [-0.2, -0.15) is 0 Å². The third-order valence-electron chi connectivity index (χ3n) is 3.34. The predicted octanol–water partition coefficient (Wildman–Crippen LogP) is 2.24. The monoisotopic (exact) mass is 269 g/mol. The molecule has 2 heterocycles. The minimum Gasteiger partial charge on any atom is -0.466 e. The molecule has 2 aliphatic heterocycles. The highest BCUT2D eigenvalue weighted by Crippen LogP contribution is 2.36. The molecular formula is C15H11NO4. The van der Waals surface area contributed by atoms with Gasteiger partial charge in [-0.15, -0.1) is 0 Å². The molecule has 0 radical (unpaired) electrons. The maximum Gasteiger partial charge on any atom is 0.258 e. The van der Waals surface area contributed by atoms with Crippen LogP contribution in [0.1, 0.15) is 22.1 Å². The van der Waals surface area contributed by atoms with Gasteiger partial charge in [-0.3, -0.25) is 4.79 Å². The number of carbonyl (C=O) groups excluding carboxylic acids is 1. The van der Waals surface area contributed by atoms with E-state index in [4.69, 9.17) is 14.2 Å². The lowest BCUT2D eigenvalue weighted by Gasteiger charge is -2.27. The smallest absolute Gasteiger partial charge is 0.258 e. The largest absolute Gasteiger partial charge is 0.466 e. The summed E-state index contributed by atoms with van der Waals surface area (Å²) in [6.07, 6.45) is -0.521. The molecule has 0 bridgehead atoms. The van der Waals surface area contributed by atoms with Crippen molar-refractivity contribution in [1.82, 2.24) is 5.32 Å². The van der Waals surface area contributed by atoms with Crippen LogP contribution in [0.4, 0.5) is 0 Å². The first-order chi connectivity index (χ1) is 9.81. The Hall–Kier alpha value is -2.69. The zero-order valence-electron chi connectivity index (χ0n) is 10.5. The van der Waals surface area contributed by atoms with Crippen molar-refractivity contribution in [3.8, 4) is 17.2 Å². The van der Waals surface area contributed by atoms with Gasteiger partial charge in [0, 0.05) is 5.56 Å². The first kappa shape index (κ1) is 11.2. The molecule has 0 fully saturated rings. The summed E-state index contributed by atoms with van der Waals surface area (Å²) in [4.78, 5) is 12.1. The van der Waals surface area contributed by atoms with Gasteiger partial charge in [0.2, 0.25) is 6.79 Å². The molecule has 2 aliphatic rings. The maximum atomic E-state index is 12.1. The molecule has 100 valence electrons. The van der Waals surface area contributed by atoms with Crippen LogP contribution in [0.5, 0.6) is 17.2 Å². The van der Waals surface area contributed by atoms with E-state index in [1.165, 1.54) is 0 Å². The van der Waals surface area contributed by atoms with Crippen LogP contribution >= 0.6 is 0 Å². The van der Waals surface area contributed by atoms with E-state index in [-0.39, 0.29) is 12.7 Å². The van der Waals surface area contributed by atoms with Crippen LogP contribution in [-0.2, 0) is 0 Å². The molecule has 1 N–H and O–H groups in total. The fourth-order valence-corrected chi connectivity index (χ4v) is 2.34. The molecule has 20 heavy (non-hydrogen) atoms. The number of amides is 1. The number of hydrogen-bond acceptors (Lipinski definition) is 4. The average Bonchev–Trinajstić information content (AvgIpc) is 2.94. The molecule has 0 saturated heterocycles. The first-order valence-corrected chi connectivity index (χ1v) is 6.27. The van der Waals surface area contributed by atoms with Crippen molar-refractivity contribution in [3.63, 3.8) is 0 Å². The molecule has 4 rings (SSSR count). The number of rotatable bonds is 1. The fraction of sp³-hybridized carbons (Fsp3) is 0.133. The van der Waals surface area contributed by atoms with Gasteiger partial charge < -0.3 is 19.5 Å². The number of hydrogen-bond donors (Lipinski definition) is 1. The van der Waals surface area contributed by atoms with Crippen LogP contribution in [-0.4, -0.2) is 12.7 Å².